The summed E-state index contributed by atoms with van der Waals surface area (Å²) in [5, 5.41) is 5.86. The van der Waals surface area contributed by atoms with Crippen LogP contribution >= 0.6 is 0 Å². The van der Waals surface area contributed by atoms with Crippen molar-refractivity contribution >= 4 is 17.5 Å². The number of rotatable bonds is 5. The van der Waals surface area contributed by atoms with Gasteiger partial charge in [-0.1, -0.05) is 45.9 Å². The number of nitrogens with zero attached hydrogens (tertiary/aromatic N) is 1. The lowest BCUT2D eigenvalue weighted by molar-refractivity contribution is -0.125. The van der Waals surface area contributed by atoms with Crippen LogP contribution in [0.4, 0.5) is 5.69 Å². The van der Waals surface area contributed by atoms with Gasteiger partial charge in [0.25, 0.3) is 0 Å². The molecule has 5 heteroatoms. The molecule has 23 heavy (non-hydrogen) atoms. The Hall–Kier alpha value is -1.88. The van der Waals surface area contributed by atoms with E-state index < -0.39 is 0 Å². The Kier molecular flexibility index (Phi) is 5.77. The average molecular weight is 317 g/mol. The second-order valence-electron chi connectivity index (χ2n) is 6.73. The van der Waals surface area contributed by atoms with Crippen LogP contribution in [0.5, 0.6) is 0 Å². The van der Waals surface area contributed by atoms with Gasteiger partial charge in [0.05, 0.1) is 13.1 Å². The fourth-order valence-corrected chi connectivity index (χ4v) is 2.90. The maximum Gasteiger partial charge on any atom is 0.238 e. The summed E-state index contributed by atoms with van der Waals surface area (Å²) < 4.78 is 0. The minimum absolute atomic E-state index is 0.0190. The topological polar surface area (TPSA) is 61.4 Å². The molecule has 0 aliphatic carbocycles. The van der Waals surface area contributed by atoms with Crippen LogP contribution in [0, 0.1) is 0 Å². The smallest absolute Gasteiger partial charge is 0.238 e. The van der Waals surface area contributed by atoms with Gasteiger partial charge >= 0.3 is 0 Å². The first kappa shape index (κ1) is 17.5. The van der Waals surface area contributed by atoms with Crippen molar-refractivity contribution in [3.05, 3.63) is 29.3 Å². The molecule has 0 radical (unpaired) electrons. The summed E-state index contributed by atoms with van der Waals surface area (Å²) in [6.07, 6.45) is 0. The summed E-state index contributed by atoms with van der Waals surface area (Å²) in [6.45, 7) is 10.4. The highest BCUT2D eigenvalue weighted by Crippen LogP contribution is 2.32. The molecule has 1 heterocycles. The Morgan fingerprint density at radius 1 is 1.22 bits per heavy atom. The molecule has 5 nitrogen and oxygen atoms in total. The van der Waals surface area contributed by atoms with Crippen molar-refractivity contribution in [2.45, 2.75) is 39.5 Å². The minimum Gasteiger partial charge on any atom is -0.354 e. The van der Waals surface area contributed by atoms with Gasteiger partial charge in [0.15, 0.2) is 0 Å². The quantitative estimate of drug-likeness (QED) is 0.876. The maximum atomic E-state index is 12.5. The van der Waals surface area contributed by atoms with Crippen molar-refractivity contribution in [1.82, 2.24) is 10.2 Å². The minimum atomic E-state index is -0.0605. The zero-order valence-electron chi connectivity index (χ0n) is 14.5. The molecule has 2 rings (SSSR count). The second kappa shape index (κ2) is 7.59. The molecule has 0 unspecified atom stereocenters. The van der Waals surface area contributed by atoms with Crippen LogP contribution in [0.1, 0.15) is 50.7 Å². The van der Waals surface area contributed by atoms with Gasteiger partial charge in [-0.15, -0.1) is 0 Å². The van der Waals surface area contributed by atoms with Crippen molar-refractivity contribution in [3.63, 3.8) is 0 Å². The van der Waals surface area contributed by atoms with Gasteiger partial charge in [-0.05, 0) is 23.0 Å². The molecular formula is C18H27N3O2. The number of piperazine rings is 1. The molecule has 1 aliphatic rings. The van der Waals surface area contributed by atoms with Gasteiger partial charge < -0.3 is 10.6 Å². The molecule has 1 fully saturated rings. The Morgan fingerprint density at radius 3 is 2.35 bits per heavy atom. The lowest BCUT2D eigenvalue weighted by Crippen LogP contribution is -2.49. The van der Waals surface area contributed by atoms with Crippen LogP contribution in [-0.2, 0) is 9.59 Å². The highest BCUT2D eigenvalue weighted by atomic mass is 16.2. The lowest BCUT2D eigenvalue weighted by Gasteiger charge is -2.26. The van der Waals surface area contributed by atoms with Gasteiger partial charge in [-0.2, -0.15) is 0 Å². The van der Waals surface area contributed by atoms with E-state index in [1.807, 2.05) is 4.90 Å². The first-order valence-electron chi connectivity index (χ1n) is 8.30. The van der Waals surface area contributed by atoms with E-state index in [4.69, 9.17) is 0 Å². The summed E-state index contributed by atoms with van der Waals surface area (Å²) in [5.41, 5.74) is 3.24. The van der Waals surface area contributed by atoms with E-state index in [-0.39, 0.29) is 24.9 Å². The fraction of sp³-hybridized carbons (Fsp3) is 0.556. The number of carbonyl (C=O) groups excluding carboxylic acids is 2. The number of benzene rings is 1. The molecule has 0 atom stereocenters. The summed E-state index contributed by atoms with van der Waals surface area (Å²) in [7, 11) is 0. The van der Waals surface area contributed by atoms with Crippen LogP contribution < -0.4 is 10.6 Å². The van der Waals surface area contributed by atoms with E-state index in [0.29, 0.717) is 24.9 Å². The van der Waals surface area contributed by atoms with Crippen LogP contribution in [0.2, 0.25) is 0 Å². The first-order chi connectivity index (χ1) is 10.9. The summed E-state index contributed by atoms with van der Waals surface area (Å²) in [5.74, 6) is 0.596. The van der Waals surface area contributed by atoms with E-state index in [9.17, 15) is 9.59 Å². The standard InChI is InChI=1S/C18H27N3O2/c1-12(2)14-6-5-7-15(13(3)4)18(14)20-17(23)11-21-9-8-19-16(22)10-21/h5-7,12-13H,8-11H2,1-4H3,(H,19,22)(H,20,23). The zero-order chi connectivity index (χ0) is 17.0. The number of amides is 2. The highest BCUT2D eigenvalue weighted by Gasteiger charge is 2.20. The van der Waals surface area contributed by atoms with E-state index in [1.165, 1.54) is 0 Å². The van der Waals surface area contributed by atoms with Gasteiger partial charge in [-0.25, -0.2) is 0 Å². The number of carbonyl (C=O) groups is 2. The van der Waals surface area contributed by atoms with E-state index in [1.54, 1.807) is 0 Å². The van der Waals surface area contributed by atoms with Gasteiger partial charge in [0.2, 0.25) is 11.8 Å². The molecule has 0 aromatic heterocycles. The molecular weight excluding hydrogens is 290 g/mol. The van der Waals surface area contributed by atoms with Crippen LogP contribution in [0.25, 0.3) is 0 Å². The van der Waals surface area contributed by atoms with Crippen molar-refractivity contribution in [2.75, 3.05) is 31.5 Å². The van der Waals surface area contributed by atoms with Crippen molar-refractivity contribution < 1.29 is 9.59 Å². The SMILES string of the molecule is CC(C)c1cccc(C(C)C)c1NC(=O)CN1CCNC(=O)C1. The molecule has 2 amide bonds. The Morgan fingerprint density at radius 2 is 1.83 bits per heavy atom. The summed E-state index contributed by atoms with van der Waals surface area (Å²) in [4.78, 5) is 25.7. The number of para-hydroxylation sites is 1. The largest absolute Gasteiger partial charge is 0.354 e. The van der Waals surface area contributed by atoms with E-state index in [0.717, 1.165) is 16.8 Å². The summed E-state index contributed by atoms with van der Waals surface area (Å²) in [6, 6.07) is 6.19. The fourth-order valence-electron chi connectivity index (χ4n) is 2.90. The van der Waals surface area contributed by atoms with Gasteiger partial charge in [0, 0.05) is 18.8 Å². The molecule has 0 saturated carbocycles. The lowest BCUT2D eigenvalue weighted by atomic mass is 9.92. The molecule has 1 aliphatic heterocycles. The molecule has 2 N–H and O–H groups in total. The Bertz CT molecular complexity index is 555. The predicted octanol–water partition coefficient (Wildman–Crippen LogP) is 2.30. The predicted molar refractivity (Wildman–Crippen MR) is 92.7 cm³/mol. The second-order valence-corrected chi connectivity index (χ2v) is 6.73. The van der Waals surface area contributed by atoms with E-state index in [2.05, 4.69) is 56.5 Å². The highest BCUT2D eigenvalue weighted by molar-refractivity contribution is 5.94. The van der Waals surface area contributed by atoms with Crippen molar-refractivity contribution in [1.29, 1.82) is 0 Å². The molecule has 126 valence electrons. The van der Waals surface area contributed by atoms with E-state index >= 15 is 0 Å². The van der Waals surface area contributed by atoms with Crippen LogP contribution in [-0.4, -0.2) is 42.9 Å². The van der Waals surface area contributed by atoms with Gasteiger partial charge in [-0.3, -0.25) is 14.5 Å². The third-order valence-electron chi connectivity index (χ3n) is 4.12. The third kappa shape index (κ3) is 4.55. The normalized spacial score (nSPS) is 15.8. The number of anilines is 1. The molecule has 0 bridgehead atoms. The average Bonchev–Trinajstić information content (AvgIpc) is 2.46. The molecule has 1 aromatic rings. The Labute approximate surface area is 138 Å². The van der Waals surface area contributed by atoms with Crippen molar-refractivity contribution in [2.24, 2.45) is 0 Å². The number of hydrogen-bond donors (Lipinski definition) is 2. The number of nitrogens with one attached hydrogen (secondary N) is 2. The first-order valence-corrected chi connectivity index (χ1v) is 8.30. The number of hydrogen-bond acceptors (Lipinski definition) is 3. The van der Waals surface area contributed by atoms with Crippen LogP contribution in [0.15, 0.2) is 18.2 Å². The Balaban J connectivity index is 2.14. The molecule has 1 aromatic carbocycles. The summed E-state index contributed by atoms with van der Waals surface area (Å²) >= 11 is 0. The maximum absolute atomic E-state index is 12.5. The zero-order valence-corrected chi connectivity index (χ0v) is 14.5. The van der Waals surface area contributed by atoms with Crippen LogP contribution in [0.3, 0.4) is 0 Å². The van der Waals surface area contributed by atoms with Crippen molar-refractivity contribution in [3.8, 4) is 0 Å². The molecule has 0 spiro atoms. The monoisotopic (exact) mass is 317 g/mol. The van der Waals surface area contributed by atoms with Gasteiger partial charge in [0.1, 0.15) is 0 Å². The molecule has 1 saturated heterocycles. The third-order valence-corrected chi connectivity index (χ3v) is 4.12.